The maximum atomic E-state index is 13.1. The number of benzene rings is 2. The van der Waals surface area contributed by atoms with E-state index >= 15 is 0 Å². The van der Waals surface area contributed by atoms with Crippen molar-refractivity contribution in [2.45, 2.75) is 45.7 Å². The zero-order chi connectivity index (χ0) is 27.7. The van der Waals surface area contributed by atoms with Gasteiger partial charge in [-0.25, -0.2) is 4.98 Å². The SMILES string of the molecule is COc1cccc(-c2nc3c(c(SCC(=O)Nc4c(C)cc(C)cc4C)n2)Cc2c(CO)cnc(C)c2O3)c1. The Bertz CT molecular complexity index is 1560. The first kappa shape index (κ1) is 26.6. The number of methoxy groups -OCH3 is 1. The molecule has 2 N–H and O–H groups in total. The third-order valence-corrected chi connectivity index (χ3v) is 7.69. The molecule has 0 radical (unpaired) electrons. The fourth-order valence-electron chi connectivity index (χ4n) is 4.79. The van der Waals surface area contributed by atoms with Gasteiger partial charge in [-0.2, -0.15) is 4.98 Å². The lowest BCUT2D eigenvalue weighted by atomic mass is 9.99. The van der Waals surface area contributed by atoms with Crippen LogP contribution < -0.4 is 14.8 Å². The minimum atomic E-state index is -0.156. The first-order valence-electron chi connectivity index (χ1n) is 12.6. The summed E-state index contributed by atoms with van der Waals surface area (Å²) in [5, 5.41) is 13.6. The van der Waals surface area contributed by atoms with E-state index in [1.807, 2.05) is 52.0 Å². The molecule has 1 aliphatic heterocycles. The monoisotopic (exact) mass is 542 g/mol. The molecule has 8 nitrogen and oxygen atoms in total. The number of carbonyl (C=O) groups is 1. The molecule has 0 spiro atoms. The zero-order valence-corrected chi connectivity index (χ0v) is 23.4. The normalized spacial score (nSPS) is 11.8. The Hall–Kier alpha value is -3.95. The van der Waals surface area contributed by atoms with Gasteiger partial charge in [-0.15, -0.1) is 0 Å². The second-order valence-corrected chi connectivity index (χ2v) is 10.6. The van der Waals surface area contributed by atoms with E-state index in [2.05, 4.69) is 22.4 Å². The third kappa shape index (κ3) is 5.46. The quantitative estimate of drug-likeness (QED) is 0.199. The first-order chi connectivity index (χ1) is 18.8. The zero-order valence-electron chi connectivity index (χ0n) is 22.6. The molecule has 9 heteroatoms. The lowest BCUT2D eigenvalue weighted by molar-refractivity contribution is -0.113. The van der Waals surface area contributed by atoms with Crippen molar-refractivity contribution in [3.8, 4) is 28.8 Å². The second-order valence-electron chi connectivity index (χ2n) is 9.59. The van der Waals surface area contributed by atoms with Crippen LogP contribution in [0.25, 0.3) is 11.4 Å². The molecule has 0 saturated heterocycles. The highest BCUT2D eigenvalue weighted by Crippen LogP contribution is 2.42. The molecule has 0 saturated carbocycles. The molecule has 0 fully saturated rings. The van der Waals surface area contributed by atoms with Gasteiger partial charge in [-0.05, 0) is 51.0 Å². The number of aliphatic hydroxyl groups is 1. The van der Waals surface area contributed by atoms with Gasteiger partial charge in [0.05, 0.1) is 30.7 Å². The lowest BCUT2D eigenvalue weighted by Crippen LogP contribution is -2.17. The number of nitrogens with one attached hydrogen (secondary N) is 1. The van der Waals surface area contributed by atoms with Crippen molar-refractivity contribution >= 4 is 23.4 Å². The lowest BCUT2D eigenvalue weighted by Gasteiger charge is -2.24. The Morgan fingerprint density at radius 2 is 1.87 bits per heavy atom. The number of rotatable bonds is 7. The van der Waals surface area contributed by atoms with Gasteiger partial charge in [0.25, 0.3) is 0 Å². The Morgan fingerprint density at radius 1 is 1.10 bits per heavy atom. The average molecular weight is 543 g/mol. The Balaban J connectivity index is 1.50. The van der Waals surface area contributed by atoms with Gasteiger partial charge in [0.2, 0.25) is 11.8 Å². The van der Waals surface area contributed by atoms with Gasteiger partial charge in [0, 0.05) is 35.0 Å². The van der Waals surface area contributed by atoms with Crippen LogP contribution in [0.15, 0.2) is 47.6 Å². The standard InChI is InChI=1S/C30H30N4O4S/c1-16-9-17(2)26(18(3)10-16)32-25(36)15-39-30-24-12-23-21(14-35)13-31-19(4)27(23)38-29(24)33-28(34-30)20-7-6-8-22(11-20)37-5/h6-11,13,35H,12,14-15H2,1-5H3,(H,32,36). The number of nitrogens with zero attached hydrogens (tertiary/aromatic N) is 3. The van der Waals surface area contributed by atoms with Gasteiger partial charge in [0.1, 0.15) is 10.8 Å². The van der Waals surface area contributed by atoms with E-state index in [0.29, 0.717) is 45.9 Å². The molecule has 39 heavy (non-hydrogen) atoms. The molecule has 2 aromatic heterocycles. The maximum absolute atomic E-state index is 13.1. The van der Waals surface area contributed by atoms with Crippen LogP contribution in [0.5, 0.6) is 17.4 Å². The van der Waals surface area contributed by atoms with E-state index in [1.165, 1.54) is 11.8 Å². The summed E-state index contributed by atoms with van der Waals surface area (Å²) in [6.45, 7) is 7.74. The number of ether oxygens (including phenoxy) is 2. The molecule has 0 aliphatic carbocycles. The summed E-state index contributed by atoms with van der Waals surface area (Å²) in [6, 6.07) is 11.6. The highest BCUT2D eigenvalue weighted by atomic mass is 32.2. The van der Waals surface area contributed by atoms with Crippen LogP contribution in [0.1, 0.15) is 39.1 Å². The number of aromatic nitrogens is 3. The van der Waals surface area contributed by atoms with Crippen molar-refractivity contribution in [3.63, 3.8) is 0 Å². The molecule has 200 valence electrons. The highest BCUT2D eigenvalue weighted by Gasteiger charge is 2.28. The largest absolute Gasteiger partial charge is 0.497 e. The van der Waals surface area contributed by atoms with Gasteiger partial charge >= 0.3 is 0 Å². The van der Waals surface area contributed by atoms with E-state index in [4.69, 9.17) is 19.4 Å². The Kier molecular flexibility index (Phi) is 7.54. The van der Waals surface area contributed by atoms with Gasteiger partial charge in [-0.3, -0.25) is 9.78 Å². The molecular weight excluding hydrogens is 512 g/mol. The number of hydrogen-bond acceptors (Lipinski definition) is 8. The summed E-state index contributed by atoms with van der Waals surface area (Å²) < 4.78 is 11.7. The second kappa shape index (κ2) is 11.0. The first-order valence-corrected chi connectivity index (χ1v) is 13.6. The number of thioether (sulfide) groups is 1. The fraction of sp³-hybridized carbons (Fsp3) is 0.267. The molecule has 3 heterocycles. The number of fused-ring (bicyclic) bond motifs is 2. The molecule has 1 aliphatic rings. The van der Waals surface area contributed by atoms with Crippen molar-refractivity contribution in [2.24, 2.45) is 0 Å². The van der Waals surface area contributed by atoms with Crippen LogP contribution in [0.4, 0.5) is 5.69 Å². The summed E-state index contributed by atoms with van der Waals surface area (Å²) in [6.07, 6.45) is 2.13. The molecular formula is C30H30N4O4S. The number of aliphatic hydroxyl groups excluding tert-OH is 1. The van der Waals surface area contributed by atoms with Gasteiger partial charge < -0.3 is 19.9 Å². The molecule has 0 bridgehead atoms. The number of aryl methyl sites for hydroxylation is 4. The summed E-state index contributed by atoms with van der Waals surface area (Å²) in [4.78, 5) is 27.1. The van der Waals surface area contributed by atoms with E-state index in [9.17, 15) is 9.90 Å². The molecule has 0 unspecified atom stereocenters. The number of amides is 1. The van der Waals surface area contributed by atoms with Crippen LogP contribution in [0.2, 0.25) is 0 Å². The predicted molar refractivity (Wildman–Crippen MR) is 152 cm³/mol. The van der Waals surface area contributed by atoms with Crippen molar-refractivity contribution in [3.05, 3.63) is 81.7 Å². The van der Waals surface area contributed by atoms with Crippen molar-refractivity contribution < 1.29 is 19.4 Å². The van der Waals surface area contributed by atoms with Crippen LogP contribution in [-0.4, -0.2) is 38.8 Å². The van der Waals surface area contributed by atoms with Crippen LogP contribution in [0, 0.1) is 27.7 Å². The minimum absolute atomic E-state index is 0.126. The van der Waals surface area contributed by atoms with E-state index in [-0.39, 0.29) is 18.3 Å². The topological polar surface area (TPSA) is 106 Å². The Labute approximate surface area is 231 Å². The Morgan fingerprint density at radius 3 is 2.59 bits per heavy atom. The van der Waals surface area contributed by atoms with Gasteiger partial charge in [-0.1, -0.05) is 41.6 Å². The number of anilines is 1. The molecule has 5 rings (SSSR count). The van der Waals surface area contributed by atoms with Crippen molar-refractivity contribution in [1.82, 2.24) is 15.0 Å². The smallest absolute Gasteiger partial charge is 0.234 e. The molecule has 1 amide bonds. The minimum Gasteiger partial charge on any atom is -0.497 e. The van der Waals surface area contributed by atoms with E-state index in [1.54, 1.807) is 13.3 Å². The van der Waals surface area contributed by atoms with E-state index in [0.717, 1.165) is 39.1 Å². The highest BCUT2D eigenvalue weighted by molar-refractivity contribution is 8.00. The summed E-state index contributed by atoms with van der Waals surface area (Å²) in [7, 11) is 1.61. The predicted octanol–water partition coefficient (Wildman–Crippen LogP) is 5.70. The summed E-state index contributed by atoms with van der Waals surface area (Å²) in [5.41, 5.74) is 7.84. The van der Waals surface area contributed by atoms with E-state index < -0.39 is 0 Å². The van der Waals surface area contributed by atoms with Crippen molar-refractivity contribution in [1.29, 1.82) is 0 Å². The molecule has 0 atom stereocenters. The molecule has 2 aromatic carbocycles. The molecule has 4 aromatic rings. The average Bonchev–Trinajstić information content (AvgIpc) is 2.93. The van der Waals surface area contributed by atoms with Gasteiger partial charge in [0.15, 0.2) is 11.6 Å². The van der Waals surface area contributed by atoms with Crippen LogP contribution in [-0.2, 0) is 17.8 Å². The number of pyridine rings is 1. The number of carbonyl (C=O) groups excluding carboxylic acids is 1. The summed E-state index contributed by atoms with van der Waals surface area (Å²) >= 11 is 1.34. The maximum Gasteiger partial charge on any atom is 0.234 e. The third-order valence-electron chi connectivity index (χ3n) is 6.67. The summed E-state index contributed by atoms with van der Waals surface area (Å²) in [5.74, 6) is 2.20. The van der Waals surface area contributed by atoms with Crippen molar-refractivity contribution in [2.75, 3.05) is 18.2 Å². The number of hydrogen-bond donors (Lipinski definition) is 2. The fourth-order valence-corrected chi connectivity index (χ4v) is 5.62. The van der Waals surface area contributed by atoms with Crippen LogP contribution in [0.3, 0.4) is 0 Å². The van der Waals surface area contributed by atoms with Crippen LogP contribution >= 0.6 is 11.8 Å².